The maximum Gasteiger partial charge on any atom is 0.321 e. The average molecular weight is 312 g/mol. The number of hydrogen-bond donors (Lipinski definition) is 3. The van der Waals surface area contributed by atoms with E-state index in [1.165, 1.54) is 21.3 Å². The number of nitrogens with two attached hydrogens (primary N) is 1. The third kappa shape index (κ3) is 3.94. The molecule has 0 radical (unpaired) electrons. The molecule has 4 N–H and O–H groups in total. The van der Waals surface area contributed by atoms with Crippen molar-refractivity contribution in [2.75, 3.05) is 21.3 Å². The van der Waals surface area contributed by atoms with Gasteiger partial charge in [0, 0.05) is 14.2 Å². The van der Waals surface area contributed by atoms with E-state index in [9.17, 15) is 14.7 Å². The number of rotatable bonds is 9. The number of ether oxygens (including phenoxy) is 3. The maximum absolute atomic E-state index is 11.3. The molecule has 122 valence electrons. The van der Waals surface area contributed by atoms with E-state index in [1.807, 2.05) is 0 Å². The minimum absolute atomic E-state index is 0.418. The van der Waals surface area contributed by atoms with Gasteiger partial charge in [-0.05, 0) is 12.1 Å². The number of para-hydroxylation sites is 1. The first-order valence-corrected chi connectivity index (χ1v) is 6.42. The van der Waals surface area contributed by atoms with Crippen LogP contribution < -0.4 is 15.8 Å². The lowest BCUT2D eigenvalue weighted by atomic mass is 10.1. The highest BCUT2D eigenvalue weighted by Crippen LogP contribution is 2.32. The zero-order valence-corrected chi connectivity index (χ0v) is 12.7. The summed E-state index contributed by atoms with van der Waals surface area (Å²) >= 11 is 0. The number of hydrogen-bond acceptors (Lipinski definition) is 6. The lowest BCUT2D eigenvalue weighted by molar-refractivity contribution is -0.244. The van der Waals surface area contributed by atoms with Gasteiger partial charge in [0.05, 0.1) is 19.1 Å². The van der Waals surface area contributed by atoms with Crippen molar-refractivity contribution in [3.63, 3.8) is 0 Å². The molecule has 0 aromatic heterocycles. The molecule has 0 aliphatic carbocycles. The Morgan fingerprint density at radius 1 is 1.27 bits per heavy atom. The van der Waals surface area contributed by atoms with E-state index in [0.717, 1.165) is 0 Å². The number of carboxylic acid groups (broad SMARTS) is 1. The summed E-state index contributed by atoms with van der Waals surface area (Å²) < 4.78 is 15.9. The molecule has 0 saturated heterocycles. The van der Waals surface area contributed by atoms with E-state index < -0.39 is 30.3 Å². The molecule has 0 saturated carbocycles. The Bertz CT molecular complexity index is 530. The van der Waals surface area contributed by atoms with Crippen LogP contribution in [0, 0.1) is 0 Å². The normalized spacial score (nSPS) is 12.7. The van der Waals surface area contributed by atoms with E-state index in [2.05, 4.69) is 5.32 Å². The van der Waals surface area contributed by atoms with Crippen molar-refractivity contribution in [3.8, 4) is 5.75 Å². The summed E-state index contributed by atoms with van der Waals surface area (Å²) in [6.07, 6.45) is -0.418. The Labute approximate surface area is 128 Å². The molecule has 1 aromatic carbocycles. The number of benzene rings is 1. The largest absolute Gasteiger partial charge is 0.496 e. The van der Waals surface area contributed by atoms with Crippen LogP contribution in [0.15, 0.2) is 24.3 Å². The Balaban J connectivity index is 3.24. The Morgan fingerprint density at radius 2 is 1.86 bits per heavy atom. The highest BCUT2D eigenvalue weighted by Gasteiger charge is 2.39. The van der Waals surface area contributed by atoms with E-state index in [4.69, 9.17) is 19.9 Å². The molecule has 0 spiro atoms. The topological polar surface area (TPSA) is 120 Å². The summed E-state index contributed by atoms with van der Waals surface area (Å²) in [5.74, 6) is -3.19. The third-order valence-electron chi connectivity index (χ3n) is 3.10. The van der Waals surface area contributed by atoms with E-state index >= 15 is 0 Å². The molecular weight excluding hydrogens is 292 g/mol. The molecule has 22 heavy (non-hydrogen) atoms. The standard InChI is InChI=1S/C14H20N2O6/c1-20-11-7-5-4-6-9(11)14(21-2,22-3)16-10(13(18)19)8-12(15)17/h4-7,10,16H,8H2,1-3H3,(H2,15,17)(H,18,19)/t10-/m0/s1. The van der Waals surface area contributed by atoms with Gasteiger partial charge in [-0.15, -0.1) is 0 Å². The first kappa shape index (κ1) is 17.9. The van der Waals surface area contributed by atoms with Crippen LogP contribution in [0.5, 0.6) is 5.75 Å². The molecular formula is C14H20N2O6. The second-order valence-electron chi connectivity index (χ2n) is 4.43. The average Bonchev–Trinajstić information content (AvgIpc) is 2.51. The van der Waals surface area contributed by atoms with Crippen LogP contribution >= 0.6 is 0 Å². The molecule has 0 aliphatic heterocycles. The summed E-state index contributed by atoms with van der Waals surface area (Å²) in [5, 5.41) is 11.9. The van der Waals surface area contributed by atoms with Gasteiger partial charge in [0.15, 0.2) is 0 Å². The van der Waals surface area contributed by atoms with E-state index in [1.54, 1.807) is 24.3 Å². The first-order chi connectivity index (χ1) is 10.4. The maximum atomic E-state index is 11.3. The Hall–Kier alpha value is -2.16. The van der Waals surface area contributed by atoms with E-state index in [0.29, 0.717) is 11.3 Å². The zero-order valence-electron chi connectivity index (χ0n) is 12.7. The van der Waals surface area contributed by atoms with Crippen molar-refractivity contribution in [2.45, 2.75) is 18.4 Å². The number of aliphatic carboxylic acids is 1. The number of primary amides is 1. The fraction of sp³-hybridized carbons (Fsp3) is 0.429. The number of nitrogens with one attached hydrogen (secondary N) is 1. The lowest BCUT2D eigenvalue weighted by Crippen LogP contribution is -2.54. The molecule has 8 heteroatoms. The minimum Gasteiger partial charge on any atom is -0.496 e. The summed E-state index contributed by atoms with van der Waals surface area (Å²) in [6.45, 7) is 0. The number of carbonyl (C=O) groups excluding carboxylic acids is 1. The van der Waals surface area contributed by atoms with Crippen LogP contribution in [0.1, 0.15) is 12.0 Å². The van der Waals surface area contributed by atoms with Crippen LogP contribution in [0.2, 0.25) is 0 Å². The predicted molar refractivity (Wildman–Crippen MR) is 77.1 cm³/mol. The second-order valence-corrected chi connectivity index (χ2v) is 4.43. The number of carboxylic acids is 1. The van der Waals surface area contributed by atoms with Gasteiger partial charge >= 0.3 is 5.97 Å². The van der Waals surface area contributed by atoms with Crippen molar-refractivity contribution in [1.82, 2.24) is 5.32 Å². The number of carbonyl (C=O) groups is 2. The van der Waals surface area contributed by atoms with Gasteiger partial charge in [0.2, 0.25) is 5.91 Å². The van der Waals surface area contributed by atoms with E-state index in [-0.39, 0.29) is 0 Å². The lowest BCUT2D eigenvalue weighted by Gasteiger charge is -2.35. The highest BCUT2D eigenvalue weighted by molar-refractivity contribution is 5.83. The van der Waals surface area contributed by atoms with Gasteiger partial charge < -0.3 is 25.1 Å². The van der Waals surface area contributed by atoms with Gasteiger partial charge in [-0.2, -0.15) is 0 Å². The smallest absolute Gasteiger partial charge is 0.321 e. The summed E-state index contributed by atoms with van der Waals surface area (Å²) in [7, 11) is 4.14. The molecule has 0 unspecified atom stereocenters. The van der Waals surface area contributed by atoms with Crippen molar-refractivity contribution in [1.29, 1.82) is 0 Å². The summed E-state index contributed by atoms with van der Waals surface area (Å²) in [4.78, 5) is 22.4. The Morgan fingerprint density at radius 3 is 2.32 bits per heavy atom. The van der Waals surface area contributed by atoms with Crippen molar-refractivity contribution >= 4 is 11.9 Å². The summed E-state index contributed by atoms with van der Waals surface area (Å²) in [5.41, 5.74) is 5.51. The third-order valence-corrected chi connectivity index (χ3v) is 3.10. The van der Waals surface area contributed by atoms with Gasteiger partial charge in [-0.3, -0.25) is 9.59 Å². The fourth-order valence-corrected chi connectivity index (χ4v) is 2.05. The molecule has 0 bridgehead atoms. The number of methoxy groups -OCH3 is 3. The van der Waals surface area contributed by atoms with Crippen LogP contribution in [-0.4, -0.2) is 44.4 Å². The monoisotopic (exact) mass is 312 g/mol. The van der Waals surface area contributed by atoms with Gasteiger partial charge in [0.1, 0.15) is 11.8 Å². The van der Waals surface area contributed by atoms with Crippen molar-refractivity contribution in [3.05, 3.63) is 29.8 Å². The molecule has 1 rings (SSSR count). The van der Waals surface area contributed by atoms with Gasteiger partial charge in [-0.25, -0.2) is 5.32 Å². The molecule has 0 aliphatic rings. The quantitative estimate of drug-likeness (QED) is 0.550. The van der Waals surface area contributed by atoms with Gasteiger partial charge in [0.25, 0.3) is 5.91 Å². The number of amides is 1. The molecule has 0 heterocycles. The zero-order chi connectivity index (χ0) is 16.8. The molecule has 1 aromatic rings. The Kier molecular flexibility index (Phi) is 6.29. The fourth-order valence-electron chi connectivity index (χ4n) is 2.05. The minimum atomic E-state index is -1.61. The van der Waals surface area contributed by atoms with Crippen molar-refractivity contribution in [2.24, 2.45) is 5.73 Å². The molecule has 0 fully saturated rings. The van der Waals surface area contributed by atoms with Crippen molar-refractivity contribution < 1.29 is 28.9 Å². The predicted octanol–water partition coefficient (Wildman–Crippen LogP) is 0.0165. The first-order valence-electron chi connectivity index (χ1n) is 6.42. The highest BCUT2D eigenvalue weighted by atomic mass is 16.7. The van der Waals surface area contributed by atoms with Crippen LogP contribution in [0.25, 0.3) is 0 Å². The SMILES string of the molecule is COc1ccccc1C(N[C@@H](CC(N)=O)C(=O)O)(OC)OC. The van der Waals surface area contributed by atoms with Crippen LogP contribution in [-0.2, 0) is 25.0 Å². The second kappa shape index (κ2) is 7.74. The molecule has 8 nitrogen and oxygen atoms in total. The molecule has 1 atom stereocenters. The summed E-state index contributed by atoms with van der Waals surface area (Å²) in [6, 6.07) is 5.50. The van der Waals surface area contributed by atoms with Crippen LogP contribution in [0.4, 0.5) is 0 Å². The van der Waals surface area contributed by atoms with Gasteiger partial charge in [-0.1, -0.05) is 12.1 Å². The van der Waals surface area contributed by atoms with Crippen LogP contribution in [0.3, 0.4) is 0 Å². The molecule has 1 amide bonds.